The molecule has 56 valence electrons. The van der Waals surface area contributed by atoms with Crippen molar-refractivity contribution in [3.8, 4) is 0 Å². The van der Waals surface area contributed by atoms with Crippen LogP contribution in [0.1, 0.15) is 20.8 Å². The van der Waals surface area contributed by atoms with E-state index in [9.17, 15) is 4.57 Å². The highest BCUT2D eigenvalue weighted by Crippen LogP contribution is 2.38. The van der Waals surface area contributed by atoms with Gasteiger partial charge in [0.2, 0.25) is 0 Å². The molecule has 3 heteroatoms. The van der Waals surface area contributed by atoms with Gasteiger partial charge in [0, 0.05) is 12.3 Å². The summed E-state index contributed by atoms with van der Waals surface area (Å²) in [4.78, 5) is 0. The Kier molecular flexibility index (Phi) is 4.16. The van der Waals surface area contributed by atoms with Crippen LogP contribution in [0, 0.1) is 0 Å². The maximum atomic E-state index is 11.4. The van der Waals surface area contributed by atoms with Gasteiger partial charge in [0.25, 0.3) is 0 Å². The number of rotatable bonds is 4. The first-order valence-electron chi connectivity index (χ1n) is 3.51. The SMILES string of the molecule is CCNP(=O)(CC)CC. The second kappa shape index (κ2) is 4.08. The molecule has 0 bridgehead atoms. The normalized spacial score (nSPS) is 11.9. The Morgan fingerprint density at radius 3 is 1.78 bits per heavy atom. The van der Waals surface area contributed by atoms with Crippen molar-refractivity contribution < 1.29 is 4.57 Å². The zero-order valence-corrected chi connectivity index (χ0v) is 7.37. The molecular weight excluding hydrogens is 133 g/mol. The van der Waals surface area contributed by atoms with E-state index >= 15 is 0 Å². The van der Waals surface area contributed by atoms with Gasteiger partial charge >= 0.3 is 0 Å². The highest BCUT2D eigenvalue weighted by atomic mass is 31.2. The number of hydrogen-bond acceptors (Lipinski definition) is 1. The monoisotopic (exact) mass is 149 g/mol. The predicted molar refractivity (Wildman–Crippen MR) is 42.4 cm³/mol. The zero-order valence-electron chi connectivity index (χ0n) is 6.48. The summed E-state index contributed by atoms with van der Waals surface area (Å²) < 4.78 is 11.4. The van der Waals surface area contributed by atoms with Crippen molar-refractivity contribution in [3.63, 3.8) is 0 Å². The summed E-state index contributed by atoms with van der Waals surface area (Å²) in [5, 5.41) is 3.01. The molecule has 0 atom stereocenters. The van der Waals surface area contributed by atoms with E-state index in [0.717, 1.165) is 18.9 Å². The Morgan fingerprint density at radius 2 is 1.67 bits per heavy atom. The molecular formula is C6H16NOP. The van der Waals surface area contributed by atoms with Crippen molar-refractivity contribution >= 4 is 7.29 Å². The Hall–Kier alpha value is 0.190. The van der Waals surface area contributed by atoms with Crippen LogP contribution >= 0.6 is 7.29 Å². The van der Waals surface area contributed by atoms with E-state index in [1.807, 2.05) is 20.8 Å². The fourth-order valence-electron chi connectivity index (χ4n) is 0.735. The molecule has 0 aliphatic heterocycles. The van der Waals surface area contributed by atoms with Crippen LogP contribution in [0.15, 0.2) is 0 Å². The summed E-state index contributed by atoms with van der Waals surface area (Å²) in [5.41, 5.74) is 0. The predicted octanol–water partition coefficient (Wildman–Crippen LogP) is 1.91. The fraction of sp³-hybridized carbons (Fsp3) is 1.00. The van der Waals surface area contributed by atoms with Gasteiger partial charge in [-0.25, -0.2) is 0 Å². The van der Waals surface area contributed by atoms with Crippen molar-refractivity contribution in [1.29, 1.82) is 0 Å². The second-order valence-electron chi connectivity index (χ2n) is 2.03. The van der Waals surface area contributed by atoms with Crippen molar-refractivity contribution in [2.24, 2.45) is 0 Å². The Morgan fingerprint density at radius 1 is 1.22 bits per heavy atom. The molecule has 0 aromatic rings. The van der Waals surface area contributed by atoms with Gasteiger partial charge in [-0.1, -0.05) is 20.8 Å². The summed E-state index contributed by atoms with van der Waals surface area (Å²) in [5.74, 6) is 0. The van der Waals surface area contributed by atoms with E-state index in [2.05, 4.69) is 5.09 Å². The minimum absolute atomic E-state index is 0.775. The van der Waals surface area contributed by atoms with Crippen LogP contribution in [0.25, 0.3) is 0 Å². The highest BCUT2D eigenvalue weighted by molar-refractivity contribution is 7.61. The van der Waals surface area contributed by atoms with E-state index in [1.165, 1.54) is 0 Å². The molecule has 1 N–H and O–H groups in total. The van der Waals surface area contributed by atoms with Gasteiger partial charge in [-0.3, -0.25) is 5.09 Å². The molecule has 0 saturated heterocycles. The standard InChI is InChI=1S/C6H16NOP/c1-4-7-9(8,5-2)6-3/h4-6H2,1-3H3,(H,7,8). The Bertz CT molecular complexity index is 106. The second-order valence-corrected chi connectivity index (χ2v) is 5.39. The zero-order chi connectivity index (χ0) is 7.33. The molecule has 0 heterocycles. The minimum Gasteiger partial charge on any atom is -0.307 e. The van der Waals surface area contributed by atoms with E-state index in [0.29, 0.717) is 0 Å². The van der Waals surface area contributed by atoms with Crippen LogP contribution in [0.3, 0.4) is 0 Å². The lowest BCUT2D eigenvalue weighted by Crippen LogP contribution is -2.12. The van der Waals surface area contributed by atoms with E-state index in [-0.39, 0.29) is 0 Å². The average molecular weight is 149 g/mol. The average Bonchev–Trinajstić information content (AvgIpc) is 1.89. The third-order valence-corrected chi connectivity index (χ3v) is 4.40. The van der Waals surface area contributed by atoms with Crippen LogP contribution < -0.4 is 5.09 Å². The van der Waals surface area contributed by atoms with E-state index in [1.54, 1.807) is 0 Å². The largest absolute Gasteiger partial charge is 0.307 e. The quantitative estimate of drug-likeness (QED) is 0.618. The summed E-state index contributed by atoms with van der Waals surface area (Å²) in [6, 6.07) is 0. The van der Waals surface area contributed by atoms with Gasteiger partial charge in [0.1, 0.15) is 7.29 Å². The van der Waals surface area contributed by atoms with Crippen LogP contribution in [0.2, 0.25) is 0 Å². The van der Waals surface area contributed by atoms with Crippen LogP contribution in [0.4, 0.5) is 0 Å². The van der Waals surface area contributed by atoms with Crippen LogP contribution in [-0.2, 0) is 4.57 Å². The van der Waals surface area contributed by atoms with E-state index < -0.39 is 7.29 Å². The fourth-order valence-corrected chi connectivity index (χ4v) is 2.21. The molecule has 0 saturated carbocycles. The molecule has 9 heavy (non-hydrogen) atoms. The molecule has 0 aromatic carbocycles. The molecule has 0 rings (SSSR count). The minimum atomic E-state index is -1.93. The molecule has 0 aromatic heterocycles. The smallest absolute Gasteiger partial charge is 0.147 e. The highest BCUT2D eigenvalue weighted by Gasteiger charge is 2.13. The maximum Gasteiger partial charge on any atom is 0.147 e. The van der Waals surface area contributed by atoms with Gasteiger partial charge in [-0.05, 0) is 6.54 Å². The van der Waals surface area contributed by atoms with E-state index in [4.69, 9.17) is 0 Å². The Balaban J connectivity index is 3.78. The first-order valence-corrected chi connectivity index (χ1v) is 5.59. The van der Waals surface area contributed by atoms with Crippen molar-refractivity contribution in [2.45, 2.75) is 20.8 Å². The third kappa shape index (κ3) is 3.02. The van der Waals surface area contributed by atoms with Crippen LogP contribution in [0.5, 0.6) is 0 Å². The molecule has 0 amide bonds. The maximum absolute atomic E-state index is 11.4. The first kappa shape index (κ1) is 9.19. The Labute approximate surface area is 57.5 Å². The first-order chi connectivity index (χ1) is 4.18. The van der Waals surface area contributed by atoms with Crippen molar-refractivity contribution in [1.82, 2.24) is 5.09 Å². The van der Waals surface area contributed by atoms with Crippen molar-refractivity contribution in [3.05, 3.63) is 0 Å². The number of hydrogen-bond donors (Lipinski definition) is 1. The lowest BCUT2D eigenvalue weighted by Gasteiger charge is -2.13. The molecule has 0 radical (unpaired) electrons. The van der Waals surface area contributed by atoms with Gasteiger partial charge in [-0.15, -0.1) is 0 Å². The summed E-state index contributed by atoms with van der Waals surface area (Å²) in [6.07, 6.45) is 1.55. The van der Waals surface area contributed by atoms with Gasteiger partial charge < -0.3 is 4.57 Å². The lowest BCUT2D eigenvalue weighted by molar-refractivity contribution is 0.567. The van der Waals surface area contributed by atoms with Crippen LogP contribution in [-0.4, -0.2) is 18.9 Å². The topological polar surface area (TPSA) is 29.1 Å². The summed E-state index contributed by atoms with van der Waals surface area (Å²) >= 11 is 0. The van der Waals surface area contributed by atoms with Gasteiger partial charge in [0.15, 0.2) is 0 Å². The van der Waals surface area contributed by atoms with Crippen molar-refractivity contribution in [2.75, 3.05) is 18.9 Å². The lowest BCUT2D eigenvalue weighted by atomic mass is 10.8. The third-order valence-electron chi connectivity index (χ3n) is 1.47. The summed E-state index contributed by atoms with van der Waals surface area (Å²) in [6.45, 7) is 6.73. The number of nitrogens with one attached hydrogen (secondary N) is 1. The molecule has 0 unspecified atom stereocenters. The molecule has 0 spiro atoms. The molecule has 2 nitrogen and oxygen atoms in total. The molecule has 0 aliphatic carbocycles. The van der Waals surface area contributed by atoms with Gasteiger partial charge in [0.05, 0.1) is 0 Å². The summed E-state index contributed by atoms with van der Waals surface area (Å²) in [7, 11) is -1.93. The van der Waals surface area contributed by atoms with Gasteiger partial charge in [-0.2, -0.15) is 0 Å². The molecule has 0 aliphatic rings. The molecule has 0 fully saturated rings.